The number of anilines is 1. The fourth-order valence-electron chi connectivity index (χ4n) is 1.92. The first kappa shape index (κ1) is 11.6. The molecule has 0 aromatic carbocycles. The summed E-state index contributed by atoms with van der Waals surface area (Å²) in [5, 5.41) is 14.6. The Morgan fingerprint density at radius 2 is 2.26 bits per heavy atom. The number of H-pyrrole nitrogens is 1. The third-order valence-electron chi connectivity index (χ3n) is 2.88. The fourth-order valence-corrected chi connectivity index (χ4v) is 1.92. The molecule has 3 heterocycles. The van der Waals surface area contributed by atoms with E-state index in [0.29, 0.717) is 6.54 Å². The van der Waals surface area contributed by atoms with Gasteiger partial charge in [-0.25, -0.2) is 0 Å². The van der Waals surface area contributed by atoms with Crippen LogP contribution in [0.5, 0.6) is 0 Å². The summed E-state index contributed by atoms with van der Waals surface area (Å²) in [6.07, 6.45) is 3.69. The molecule has 0 atom stereocenters. The van der Waals surface area contributed by atoms with Gasteiger partial charge in [-0.15, -0.1) is 0 Å². The van der Waals surface area contributed by atoms with Crippen LogP contribution in [0.1, 0.15) is 11.3 Å². The van der Waals surface area contributed by atoms with Gasteiger partial charge in [0.1, 0.15) is 17.3 Å². The van der Waals surface area contributed by atoms with Crippen molar-refractivity contribution < 1.29 is 4.42 Å². The Hall–Kier alpha value is -2.50. The molecule has 3 aromatic rings. The lowest BCUT2D eigenvalue weighted by Gasteiger charge is -2.02. The molecule has 3 aromatic heterocycles. The average molecular weight is 257 g/mol. The summed E-state index contributed by atoms with van der Waals surface area (Å²) in [4.78, 5) is 0. The van der Waals surface area contributed by atoms with Gasteiger partial charge < -0.3 is 9.73 Å². The summed E-state index contributed by atoms with van der Waals surface area (Å²) in [5.41, 5.74) is 1.94. The predicted octanol–water partition coefficient (Wildman–Crippen LogP) is 2.32. The molecule has 98 valence electrons. The van der Waals surface area contributed by atoms with E-state index in [0.717, 1.165) is 28.6 Å². The van der Waals surface area contributed by atoms with Crippen molar-refractivity contribution in [1.82, 2.24) is 20.0 Å². The summed E-state index contributed by atoms with van der Waals surface area (Å²) >= 11 is 0. The van der Waals surface area contributed by atoms with Gasteiger partial charge in [0, 0.05) is 31.4 Å². The van der Waals surface area contributed by atoms with Crippen LogP contribution in [0.2, 0.25) is 0 Å². The third-order valence-corrected chi connectivity index (χ3v) is 2.88. The minimum absolute atomic E-state index is 0.641. The van der Waals surface area contributed by atoms with Crippen LogP contribution in [0.4, 0.5) is 5.82 Å². The van der Waals surface area contributed by atoms with E-state index < -0.39 is 0 Å². The van der Waals surface area contributed by atoms with Gasteiger partial charge in [-0.05, 0) is 19.1 Å². The van der Waals surface area contributed by atoms with E-state index >= 15 is 0 Å². The molecule has 0 saturated carbocycles. The molecule has 2 N–H and O–H groups in total. The number of nitrogens with one attached hydrogen (secondary N) is 2. The van der Waals surface area contributed by atoms with Crippen LogP contribution in [0.15, 0.2) is 35.0 Å². The molecule has 0 aliphatic rings. The molecular formula is C13H15N5O. The normalized spacial score (nSPS) is 10.8. The predicted molar refractivity (Wildman–Crippen MR) is 71.6 cm³/mol. The zero-order chi connectivity index (χ0) is 13.2. The van der Waals surface area contributed by atoms with Crippen LogP contribution in [-0.2, 0) is 13.6 Å². The van der Waals surface area contributed by atoms with Crippen molar-refractivity contribution in [3.63, 3.8) is 0 Å². The molecular weight excluding hydrogens is 242 g/mol. The monoisotopic (exact) mass is 257 g/mol. The molecule has 19 heavy (non-hydrogen) atoms. The van der Waals surface area contributed by atoms with E-state index in [1.165, 1.54) is 0 Å². The number of hydrogen-bond acceptors (Lipinski definition) is 4. The smallest absolute Gasteiger partial charge is 0.152 e. The second-order valence-electron chi connectivity index (χ2n) is 4.41. The number of aromatic amines is 1. The van der Waals surface area contributed by atoms with Gasteiger partial charge >= 0.3 is 0 Å². The third kappa shape index (κ3) is 2.37. The molecule has 0 bridgehead atoms. The molecule has 3 rings (SSSR count). The summed E-state index contributed by atoms with van der Waals surface area (Å²) in [6, 6.07) is 5.80. The Kier molecular flexibility index (Phi) is 2.83. The number of aryl methyl sites for hydroxylation is 2. The number of furan rings is 1. The first-order valence-electron chi connectivity index (χ1n) is 6.05. The van der Waals surface area contributed by atoms with E-state index in [1.807, 2.05) is 38.4 Å². The minimum atomic E-state index is 0.641. The van der Waals surface area contributed by atoms with Crippen molar-refractivity contribution in [3.8, 4) is 11.5 Å². The molecule has 0 aliphatic carbocycles. The van der Waals surface area contributed by atoms with Crippen LogP contribution in [-0.4, -0.2) is 20.0 Å². The Bertz CT molecular complexity index is 679. The Morgan fingerprint density at radius 1 is 1.37 bits per heavy atom. The average Bonchev–Trinajstić information content (AvgIpc) is 3.07. The van der Waals surface area contributed by atoms with E-state index in [1.54, 1.807) is 10.9 Å². The zero-order valence-electron chi connectivity index (χ0n) is 10.8. The van der Waals surface area contributed by atoms with Crippen LogP contribution < -0.4 is 5.32 Å². The number of hydrogen-bond donors (Lipinski definition) is 2. The van der Waals surface area contributed by atoms with E-state index in [9.17, 15) is 0 Å². The molecule has 0 fully saturated rings. The Morgan fingerprint density at radius 3 is 2.95 bits per heavy atom. The zero-order valence-corrected chi connectivity index (χ0v) is 10.8. The van der Waals surface area contributed by atoms with Crippen molar-refractivity contribution >= 4 is 5.82 Å². The molecule has 0 saturated heterocycles. The topological polar surface area (TPSA) is 71.7 Å². The van der Waals surface area contributed by atoms with Crippen molar-refractivity contribution in [1.29, 1.82) is 0 Å². The molecule has 0 radical (unpaired) electrons. The van der Waals surface area contributed by atoms with Gasteiger partial charge in [0.15, 0.2) is 5.76 Å². The number of nitrogens with zero attached hydrogens (tertiary/aromatic N) is 3. The minimum Gasteiger partial charge on any atom is -0.460 e. The van der Waals surface area contributed by atoms with Crippen LogP contribution in [0, 0.1) is 6.92 Å². The summed E-state index contributed by atoms with van der Waals surface area (Å²) in [5.74, 6) is 2.52. The summed E-state index contributed by atoms with van der Waals surface area (Å²) < 4.78 is 7.36. The highest BCUT2D eigenvalue weighted by atomic mass is 16.3. The molecule has 6 heteroatoms. The Balaban J connectivity index is 1.77. The second kappa shape index (κ2) is 4.64. The van der Waals surface area contributed by atoms with Crippen molar-refractivity contribution in [2.75, 3.05) is 5.32 Å². The van der Waals surface area contributed by atoms with E-state index in [2.05, 4.69) is 20.6 Å². The van der Waals surface area contributed by atoms with Crippen LogP contribution in [0.25, 0.3) is 11.5 Å². The molecule has 0 spiro atoms. The first-order valence-corrected chi connectivity index (χ1v) is 6.05. The van der Waals surface area contributed by atoms with Gasteiger partial charge in [-0.2, -0.15) is 10.2 Å². The van der Waals surface area contributed by atoms with Gasteiger partial charge in [0.05, 0.1) is 6.20 Å². The van der Waals surface area contributed by atoms with Crippen molar-refractivity contribution in [3.05, 3.63) is 41.9 Å². The molecule has 0 unspecified atom stereocenters. The highest BCUT2D eigenvalue weighted by Crippen LogP contribution is 2.23. The molecule has 6 nitrogen and oxygen atoms in total. The number of aromatic nitrogens is 4. The largest absolute Gasteiger partial charge is 0.460 e. The van der Waals surface area contributed by atoms with Crippen molar-refractivity contribution in [2.45, 2.75) is 13.5 Å². The lowest BCUT2D eigenvalue weighted by molar-refractivity contribution is 0.545. The highest BCUT2D eigenvalue weighted by Gasteiger charge is 2.11. The molecule has 0 amide bonds. The standard InChI is InChI=1S/C13H15N5O/c1-9-3-4-11(19-9)13-10(8-15-16-13)7-14-12-5-6-18(2)17-12/h3-6,8H,7H2,1-2H3,(H,14,17)(H,15,16). The maximum Gasteiger partial charge on any atom is 0.152 e. The SMILES string of the molecule is Cc1ccc(-c2[nH]ncc2CNc2ccn(C)n2)o1. The van der Waals surface area contributed by atoms with Gasteiger partial charge in [-0.3, -0.25) is 9.78 Å². The van der Waals surface area contributed by atoms with E-state index in [4.69, 9.17) is 4.42 Å². The second-order valence-corrected chi connectivity index (χ2v) is 4.41. The van der Waals surface area contributed by atoms with E-state index in [-0.39, 0.29) is 0 Å². The highest BCUT2D eigenvalue weighted by molar-refractivity contribution is 5.57. The maximum atomic E-state index is 5.61. The Labute approximate surface area is 110 Å². The van der Waals surface area contributed by atoms with Gasteiger partial charge in [0.25, 0.3) is 0 Å². The quantitative estimate of drug-likeness (QED) is 0.752. The van der Waals surface area contributed by atoms with Crippen LogP contribution >= 0.6 is 0 Å². The lowest BCUT2D eigenvalue weighted by Crippen LogP contribution is -2.01. The van der Waals surface area contributed by atoms with Crippen LogP contribution in [0.3, 0.4) is 0 Å². The molecule has 0 aliphatic heterocycles. The van der Waals surface area contributed by atoms with Crippen molar-refractivity contribution in [2.24, 2.45) is 7.05 Å². The summed E-state index contributed by atoms with van der Waals surface area (Å²) in [7, 11) is 1.89. The first-order chi connectivity index (χ1) is 9.22. The lowest BCUT2D eigenvalue weighted by atomic mass is 10.2. The number of rotatable bonds is 4. The van der Waals surface area contributed by atoms with Gasteiger partial charge in [0.2, 0.25) is 0 Å². The fraction of sp³-hybridized carbons (Fsp3) is 0.231. The maximum absolute atomic E-state index is 5.61. The van der Waals surface area contributed by atoms with Gasteiger partial charge in [-0.1, -0.05) is 0 Å². The summed E-state index contributed by atoms with van der Waals surface area (Å²) in [6.45, 7) is 2.56.